The highest BCUT2D eigenvalue weighted by Crippen LogP contribution is 2.23. The van der Waals surface area contributed by atoms with Gasteiger partial charge in [-0.05, 0) is 43.0 Å². The number of nitrogens with zero attached hydrogens (tertiary/aromatic N) is 2. The van der Waals surface area contributed by atoms with Crippen LogP contribution in [0.2, 0.25) is 0 Å². The Morgan fingerprint density at radius 2 is 1.71 bits per heavy atom. The van der Waals surface area contributed by atoms with E-state index in [1.807, 2.05) is 6.07 Å². The van der Waals surface area contributed by atoms with Crippen LogP contribution in [0.25, 0.3) is 11.3 Å². The van der Waals surface area contributed by atoms with Gasteiger partial charge in [-0.25, -0.2) is 0 Å². The van der Waals surface area contributed by atoms with Crippen LogP contribution in [0.3, 0.4) is 0 Å². The van der Waals surface area contributed by atoms with E-state index in [0.717, 1.165) is 5.69 Å². The molecule has 2 heterocycles. The molecule has 3 rings (SSSR count). The average Bonchev–Trinajstić information content (AvgIpc) is 2.94. The fourth-order valence-corrected chi connectivity index (χ4v) is 2.42. The highest BCUT2D eigenvalue weighted by atomic mass is 15.1. The Morgan fingerprint density at radius 1 is 0.941 bits per heavy atom. The van der Waals surface area contributed by atoms with Gasteiger partial charge in [0, 0.05) is 25.0 Å². The van der Waals surface area contributed by atoms with E-state index >= 15 is 0 Å². The van der Waals surface area contributed by atoms with Gasteiger partial charge in [-0.1, -0.05) is 12.1 Å². The molecule has 3 heteroatoms. The zero-order valence-electron chi connectivity index (χ0n) is 9.89. The van der Waals surface area contributed by atoms with Gasteiger partial charge >= 0.3 is 0 Å². The summed E-state index contributed by atoms with van der Waals surface area (Å²) in [6.45, 7) is 2.40. The first-order chi connectivity index (χ1) is 8.43. The summed E-state index contributed by atoms with van der Waals surface area (Å²) in [5.74, 6) is 0. The van der Waals surface area contributed by atoms with E-state index in [1.165, 1.54) is 43.6 Å². The number of aromatic amines is 1. The molecule has 1 aliphatic heterocycles. The Kier molecular flexibility index (Phi) is 2.82. The molecule has 0 unspecified atom stereocenters. The summed E-state index contributed by atoms with van der Waals surface area (Å²) in [4.78, 5) is 2.47. The maximum Gasteiger partial charge on any atom is 0.0650 e. The maximum absolute atomic E-state index is 3.98. The van der Waals surface area contributed by atoms with Crippen LogP contribution in [0.4, 0.5) is 5.69 Å². The van der Waals surface area contributed by atoms with Crippen molar-refractivity contribution in [3.8, 4) is 11.3 Å². The molecule has 0 aliphatic carbocycles. The van der Waals surface area contributed by atoms with Crippen LogP contribution in [-0.2, 0) is 0 Å². The number of benzene rings is 1. The zero-order valence-corrected chi connectivity index (χ0v) is 9.89. The van der Waals surface area contributed by atoms with E-state index < -0.39 is 0 Å². The van der Waals surface area contributed by atoms with Gasteiger partial charge in [0.1, 0.15) is 0 Å². The SMILES string of the molecule is c1cc(-c2ccc(N3CCCCC3)cc2)[nH]n1. The molecule has 1 aromatic heterocycles. The molecule has 0 bridgehead atoms. The number of anilines is 1. The standard InChI is InChI=1S/C14H17N3/c1-2-10-17(11-3-1)13-6-4-12(5-7-13)14-8-9-15-16-14/h4-9H,1-3,10-11H2,(H,15,16). The molecule has 3 nitrogen and oxygen atoms in total. The van der Waals surface area contributed by atoms with Gasteiger partial charge in [-0.2, -0.15) is 5.10 Å². The predicted molar refractivity (Wildman–Crippen MR) is 70.1 cm³/mol. The van der Waals surface area contributed by atoms with E-state index in [1.54, 1.807) is 6.20 Å². The monoisotopic (exact) mass is 227 g/mol. The van der Waals surface area contributed by atoms with Gasteiger partial charge in [0.2, 0.25) is 0 Å². The lowest BCUT2D eigenvalue weighted by Gasteiger charge is -2.28. The molecule has 17 heavy (non-hydrogen) atoms. The quantitative estimate of drug-likeness (QED) is 0.855. The van der Waals surface area contributed by atoms with Crippen molar-refractivity contribution in [2.24, 2.45) is 0 Å². The Hall–Kier alpha value is -1.77. The molecular weight excluding hydrogens is 210 g/mol. The van der Waals surface area contributed by atoms with E-state index in [9.17, 15) is 0 Å². The first-order valence-electron chi connectivity index (χ1n) is 6.28. The number of piperidine rings is 1. The van der Waals surface area contributed by atoms with Gasteiger partial charge in [0.15, 0.2) is 0 Å². The number of hydrogen-bond acceptors (Lipinski definition) is 2. The average molecular weight is 227 g/mol. The molecule has 1 aromatic carbocycles. The molecule has 0 atom stereocenters. The highest BCUT2D eigenvalue weighted by molar-refractivity contribution is 5.62. The molecule has 0 amide bonds. The first kappa shape index (κ1) is 10.4. The van der Waals surface area contributed by atoms with E-state index in [4.69, 9.17) is 0 Å². The fraction of sp³-hybridized carbons (Fsp3) is 0.357. The van der Waals surface area contributed by atoms with Crippen molar-refractivity contribution in [2.75, 3.05) is 18.0 Å². The number of hydrogen-bond donors (Lipinski definition) is 1. The second-order valence-corrected chi connectivity index (χ2v) is 4.56. The fourth-order valence-electron chi connectivity index (χ4n) is 2.42. The molecule has 1 fully saturated rings. The normalized spacial score (nSPS) is 16.1. The third-order valence-corrected chi connectivity index (χ3v) is 3.40. The summed E-state index contributed by atoms with van der Waals surface area (Å²) in [7, 11) is 0. The van der Waals surface area contributed by atoms with Crippen molar-refractivity contribution < 1.29 is 0 Å². The number of aromatic nitrogens is 2. The Morgan fingerprint density at radius 3 is 2.35 bits per heavy atom. The Labute approximate surface area is 101 Å². The van der Waals surface area contributed by atoms with Crippen LogP contribution >= 0.6 is 0 Å². The Balaban J connectivity index is 1.80. The van der Waals surface area contributed by atoms with E-state index in [0.29, 0.717) is 0 Å². The predicted octanol–water partition coefficient (Wildman–Crippen LogP) is 3.07. The van der Waals surface area contributed by atoms with Gasteiger partial charge in [0.25, 0.3) is 0 Å². The smallest absolute Gasteiger partial charge is 0.0650 e. The van der Waals surface area contributed by atoms with Crippen molar-refractivity contribution in [3.63, 3.8) is 0 Å². The third-order valence-electron chi connectivity index (χ3n) is 3.40. The second kappa shape index (κ2) is 4.62. The summed E-state index contributed by atoms with van der Waals surface area (Å²) < 4.78 is 0. The topological polar surface area (TPSA) is 31.9 Å². The van der Waals surface area contributed by atoms with Gasteiger partial charge in [0.05, 0.1) is 5.69 Å². The summed E-state index contributed by atoms with van der Waals surface area (Å²) in [6.07, 6.45) is 5.81. The second-order valence-electron chi connectivity index (χ2n) is 4.56. The minimum absolute atomic E-state index is 1.08. The van der Waals surface area contributed by atoms with Crippen molar-refractivity contribution in [2.45, 2.75) is 19.3 Å². The number of rotatable bonds is 2. The molecule has 1 N–H and O–H groups in total. The first-order valence-corrected chi connectivity index (χ1v) is 6.28. The van der Waals surface area contributed by atoms with Crippen LogP contribution in [0, 0.1) is 0 Å². The molecule has 0 saturated carbocycles. The van der Waals surface area contributed by atoms with Crippen LogP contribution in [-0.4, -0.2) is 23.3 Å². The van der Waals surface area contributed by atoms with Crippen molar-refractivity contribution in [3.05, 3.63) is 36.5 Å². The number of H-pyrrole nitrogens is 1. The molecule has 0 spiro atoms. The number of nitrogens with one attached hydrogen (secondary N) is 1. The molecule has 88 valence electrons. The van der Waals surface area contributed by atoms with Gasteiger partial charge < -0.3 is 4.90 Å². The van der Waals surface area contributed by atoms with Crippen molar-refractivity contribution in [1.82, 2.24) is 10.2 Å². The molecular formula is C14H17N3. The van der Waals surface area contributed by atoms with Crippen LogP contribution in [0.1, 0.15) is 19.3 Å². The van der Waals surface area contributed by atoms with Crippen molar-refractivity contribution >= 4 is 5.69 Å². The van der Waals surface area contributed by atoms with Gasteiger partial charge in [-0.3, -0.25) is 5.10 Å². The molecule has 2 aromatic rings. The van der Waals surface area contributed by atoms with Crippen LogP contribution in [0.5, 0.6) is 0 Å². The Bertz CT molecular complexity index is 453. The summed E-state index contributed by atoms with van der Waals surface area (Å²) in [5.41, 5.74) is 3.62. The van der Waals surface area contributed by atoms with Crippen LogP contribution < -0.4 is 4.90 Å². The summed E-state index contributed by atoms with van der Waals surface area (Å²) >= 11 is 0. The third kappa shape index (κ3) is 2.18. The molecule has 0 radical (unpaired) electrons. The van der Waals surface area contributed by atoms with Crippen molar-refractivity contribution in [1.29, 1.82) is 0 Å². The lowest BCUT2D eigenvalue weighted by atomic mass is 10.1. The maximum atomic E-state index is 3.98. The summed E-state index contributed by atoms with van der Waals surface area (Å²) in [5, 5.41) is 6.96. The van der Waals surface area contributed by atoms with Crippen LogP contribution in [0.15, 0.2) is 36.5 Å². The van der Waals surface area contributed by atoms with Gasteiger partial charge in [-0.15, -0.1) is 0 Å². The zero-order chi connectivity index (χ0) is 11.5. The lowest BCUT2D eigenvalue weighted by Crippen LogP contribution is -2.29. The lowest BCUT2D eigenvalue weighted by molar-refractivity contribution is 0.578. The highest BCUT2D eigenvalue weighted by Gasteiger charge is 2.10. The van der Waals surface area contributed by atoms with E-state index in [2.05, 4.69) is 39.4 Å². The molecule has 1 saturated heterocycles. The minimum Gasteiger partial charge on any atom is -0.372 e. The molecule has 1 aliphatic rings. The summed E-state index contributed by atoms with van der Waals surface area (Å²) in [6, 6.07) is 10.7. The minimum atomic E-state index is 1.08. The van der Waals surface area contributed by atoms with E-state index in [-0.39, 0.29) is 0 Å². The largest absolute Gasteiger partial charge is 0.372 e.